The van der Waals surface area contributed by atoms with Crippen LogP contribution in [0.15, 0.2) is 36.7 Å². The largest absolute Gasteiger partial charge is 0.348 e. The van der Waals surface area contributed by atoms with Crippen molar-refractivity contribution >= 4 is 16.8 Å². The van der Waals surface area contributed by atoms with E-state index in [0.717, 1.165) is 41.4 Å². The van der Waals surface area contributed by atoms with Crippen LogP contribution in [0, 0.1) is 0 Å². The molecule has 1 amide bonds. The van der Waals surface area contributed by atoms with Gasteiger partial charge in [-0.3, -0.25) is 19.8 Å². The molecule has 2 N–H and O–H groups in total. The summed E-state index contributed by atoms with van der Waals surface area (Å²) >= 11 is 0. The summed E-state index contributed by atoms with van der Waals surface area (Å²) in [6.45, 7) is 3.29. The number of amides is 1. The molecule has 3 aromatic rings. The Morgan fingerprint density at radius 3 is 2.79 bits per heavy atom. The van der Waals surface area contributed by atoms with E-state index in [9.17, 15) is 4.79 Å². The van der Waals surface area contributed by atoms with Crippen LogP contribution < -0.4 is 5.32 Å². The molecule has 6 nitrogen and oxygen atoms in total. The maximum Gasteiger partial charge on any atom is 0.272 e. The maximum absolute atomic E-state index is 12.5. The lowest BCUT2D eigenvalue weighted by Gasteiger charge is -2.26. The number of carbonyl (C=O) groups is 1. The minimum atomic E-state index is -0.0946. The standard InChI is InChI=1S/C22H25N5O/c28-22(24-18-5-6-18)21-19-11-16(4-7-20(19)25-26-21)17-10-15(12-23-13-17)14-27-8-2-1-3-9-27/h4,7,10-13,18H,1-3,5-6,8-9,14H2,(H,24,28)(H,25,26). The number of carbonyl (C=O) groups excluding carboxylic acids is 1. The van der Waals surface area contributed by atoms with Gasteiger partial charge in [0.05, 0.1) is 5.52 Å². The highest BCUT2D eigenvalue weighted by atomic mass is 16.2. The summed E-state index contributed by atoms with van der Waals surface area (Å²) in [6.07, 6.45) is 9.90. The van der Waals surface area contributed by atoms with Crippen molar-refractivity contribution in [2.75, 3.05) is 13.1 Å². The zero-order chi connectivity index (χ0) is 18.9. The van der Waals surface area contributed by atoms with Gasteiger partial charge in [0.15, 0.2) is 5.69 Å². The molecule has 2 fully saturated rings. The van der Waals surface area contributed by atoms with Crippen molar-refractivity contribution in [3.05, 3.63) is 47.9 Å². The number of likely N-dealkylation sites (tertiary alicyclic amines) is 1. The number of aromatic amines is 1. The fraction of sp³-hybridized carbons (Fsp3) is 0.409. The number of nitrogens with one attached hydrogen (secondary N) is 2. The maximum atomic E-state index is 12.5. The van der Waals surface area contributed by atoms with Gasteiger partial charge in [-0.15, -0.1) is 0 Å². The number of benzene rings is 1. The Balaban J connectivity index is 1.42. The molecule has 0 atom stereocenters. The fourth-order valence-corrected chi connectivity index (χ4v) is 3.96. The SMILES string of the molecule is O=C(NC1CC1)c1n[nH]c2ccc(-c3cncc(CN4CCCCC4)c3)cc12. The van der Waals surface area contributed by atoms with E-state index >= 15 is 0 Å². The summed E-state index contributed by atoms with van der Waals surface area (Å²) in [5.41, 5.74) is 4.72. The molecule has 0 bridgehead atoms. The molecule has 1 aliphatic heterocycles. The predicted octanol–water partition coefficient (Wildman–Crippen LogP) is 3.50. The van der Waals surface area contributed by atoms with Gasteiger partial charge in [-0.25, -0.2) is 0 Å². The van der Waals surface area contributed by atoms with Gasteiger partial charge in [0.1, 0.15) is 0 Å². The van der Waals surface area contributed by atoms with Gasteiger partial charge in [0.2, 0.25) is 0 Å². The lowest BCUT2D eigenvalue weighted by atomic mass is 10.0. The lowest BCUT2D eigenvalue weighted by Crippen LogP contribution is -2.29. The van der Waals surface area contributed by atoms with Gasteiger partial charge in [0.25, 0.3) is 5.91 Å². The number of fused-ring (bicyclic) bond motifs is 1. The van der Waals surface area contributed by atoms with Crippen LogP contribution in [0.25, 0.3) is 22.0 Å². The van der Waals surface area contributed by atoms with Crippen molar-refractivity contribution in [3.8, 4) is 11.1 Å². The molecular formula is C22H25N5O. The van der Waals surface area contributed by atoms with E-state index in [1.165, 1.54) is 37.9 Å². The Kier molecular flexibility index (Phi) is 4.56. The van der Waals surface area contributed by atoms with Crippen molar-refractivity contribution in [2.45, 2.75) is 44.7 Å². The summed E-state index contributed by atoms with van der Waals surface area (Å²) in [5, 5.41) is 11.1. The van der Waals surface area contributed by atoms with Gasteiger partial charge in [-0.1, -0.05) is 12.5 Å². The molecule has 0 unspecified atom stereocenters. The molecule has 2 aliphatic rings. The van der Waals surface area contributed by atoms with E-state index < -0.39 is 0 Å². The molecular weight excluding hydrogens is 350 g/mol. The predicted molar refractivity (Wildman–Crippen MR) is 109 cm³/mol. The third-order valence-corrected chi connectivity index (χ3v) is 5.67. The smallest absolute Gasteiger partial charge is 0.272 e. The van der Waals surface area contributed by atoms with Crippen LogP contribution in [0.3, 0.4) is 0 Å². The van der Waals surface area contributed by atoms with Crippen LogP contribution in [0.5, 0.6) is 0 Å². The van der Waals surface area contributed by atoms with Crippen molar-refractivity contribution in [3.63, 3.8) is 0 Å². The molecule has 5 rings (SSSR count). The monoisotopic (exact) mass is 375 g/mol. The average Bonchev–Trinajstić information content (AvgIpc) is 3.44. The quantitative estimate of drug-likeness (QED) is 0.716. The third kappa shape index (κ3) is 3.64. The second kappa shape index (κ2) is 7.36. The number of hydrogen-bond acceptors (Lipinski definition) is 4. The lowest BCUT2D eigenvalue weighted by molar-refractivity contribution is 0.0947. The molecule has 0 radical (unpaired) electrons. The highest BCUT2D eigenvalue weighted by molar-refractivity contribution is 6.05. The van der Waals surface area contributed by atoms with Gasteiger partial charge in [-0.2, -0.15) is 5.10 Å². The molecule has 1 saturated heterocycles. The summed E-state index contributed by atoms with van der Waals surface area (Å²) in [5.74, 6) is -0.0946. The Hall–Kier alpha value is -2.73. The van der Waals surface area contributed by atoms with Gasteiger partial charge in [0, 0.05) is 35.9 Å². The van der Waals surface area contributed by atoms with E-state index in [4.69, 9.17) is 0 Å². The van der Waals surface area contributed by atoms with Crippen molar-refractivity contribution < 1.29 is 4.79 Å². The first-order valence-electron chi connectivity index (χ1n) is 10.2. The number of nitrogens with zero attached hydrogens (tertiary/aromatic N) is 3. The molecule has 6 heteroatoms. The first-order valence-corrected chi connectivity index (χ1v) is 10.2. The molecule has 3 heterocycles. The normalized spacial score (nSPS) is 17.7. The Morgan fingerprint density at radius 2 is 1.96 bits per heavy atom. The first kappa shape index (κ1) is 17.4. The zero-order valence-electron chi connectivity index (χ0n) is 15.9. The van der Waals surface area contributed by atoms with Crippen LogP contribution in [0.2, 0.25) is 0 Å². The number of H-pyrrole nitrogens is 1. The van der Waals surface area contributed by atoms with Crippen LogP contribution in [-0.2, 0) is 6.54 Å². The first-order chi connectivity index (χ1) is 13.8. The molecule has 1 aromatic carbocycles. The van der Waals surface area contributed by atoms with Crippen LogP contribution in [-0.4, -0.2) is 45.1 Å². The Bertz CT molecular complexity index is 1000. The van der Waals surface area contributed by atoms with E-state index in [1.54, 1.807) is 0 Å². The topological polar surface area (TPSA) is 73.9 Å². The minimum Gasteiger partial charge on any atom is -0.348 e. The second-order valence-corrected chi connectivity index (χ2v) is 8.00. The third-order valence-electron chi connectivity index (χ3n) is 5.67. The minimum absolute atomic E-state index is 0.0946. The highest BCUT2D eigenvalue weighted by Gasteiger charge is 2.25. The summed E-state index contributed by atoms with van der Waals surface area (Å²) in [4.78, 5) is 19.5. The second-order valence-electron chi connectivity index (χ2n) is 8.00. The number of aromatic nitrogens is 3. The molecule has 1 saturated carbocycles. The zero-order valence-corrected chi connectivity index (χ0v) is 15.9. The molecule has 1 aliphatic carbocycles. The van der Waals surface area contributed by atoms with Crippen molar-refractivity contribution in [1.29, 1.82) is 0 Å². The van der Waals surface area contributed by atoms with Crippen molar-refractivity contribution in [2.24, 2.45) is 0 Å². The average molecular weight is 375 g/mol. The fourth-order valence-electron chi connectivity index (χ4n) is 3.96. The van der Waals surface area contributed by atoms with Crippen LogP contribution >= 0.6 is 0 Å². The Morgan fingerprint density at radius 1 is 1.11 bits per heavy atom. The molecule has 28 heavy (non-hydrogen) atoms. The summed E-state index contributed by atoms with van der Waals surface area (Å²) in [7, 11) is 0. The van der Waals surface area contributed by atoms with E-state index in [2.05, 4.69) is 37.5 Å². The summed E-state index contributed by atoms with van der Waals surface area (Å²) in [6, 6.07) is 8.63. The van der Waals surface area contributed by atoms with E-state index in [-0.39, 0.29) is 5.91 Å². The van der Waals surface area contributed by atoms with Crippen LogP contribution in [0.4, 0.5) is 0 Å². The number of rotatable bonds is 5. The molecule has 2 aromatic heterocycles. The van der Waals surface area contributed by atoms with Crippen molar-refractivity contribution in [1.82, 2.24) is 25.4 Å². The summed E-state index contributed by atoms with van der Waals surface area (Å²) < 4.78 is 0. The molecule has 144 valence electrons. The highest BCUT2D eigenvalue weighted by Crippen LogP contribution is 2.27. The van der Waals surface area contributed by atoms with Gasteiger partial charge < -0.3 is 5.32 Å². The number of pyridine rings is 1. The Labute approximate surface area is 164 Å². The number of hydrogen-bond donors (Lipinski definition) is 2. The van der Waals surface area contributed by atoms with Gasteiger partial charge in [-0.05, 0) is 68.1 Å². The van der Waals surface area contributed by atoms with E-state index in [1.807, 2.05) is 24.5 Å². The molecule has 0 spiro atoms. The number of piperidine rings is 1. The van der Waals surface area contributed by atoms with Gasteiger partial charge >= 0.3 is 0 Å². The van der Waals surface area contributed by atoms with Crippen LogP contribution in [0.1, 0.15) is 48.2 Å². The van der Waals surface area contributed by atoms with E-state index in [0.29, 0.717) is 11.7 Å².